The molecule has 3 N–H and O–H groups in total. The zero-order valence-electron chi connectivity index (χ0n) is 12.1. The van der Waals surface area contributed by atoms with E-state index in [9.17, 15) is 13.6 Å². The third-order valence-corrected chi connectivity index (χ3v) is 4.02. The second kappa shape index (κ2) is 6.95. The van der Waals surface area contributed by atoms with Gasteiger partial charge in [0.15, 0.2) is 0 Å². The molecule has 1 heterocycles. The first-order chi connectivity index (χ1) is 10.0. The van der Waals surface area contributed by atoms with Crippen LogP contribution in [0.2, 0.25) is 0 Å². The molecule has 0 bridgehead atoms. The molecule has 2 atom stereocenters. The third kappa shape index (κ3) is 3.98. The van der Waals surface area contributed by atoms with Gasteiger partial charge in [-0.3, -0.25) is 9.69 Å². The number of halogens is 2. The fraction of sp³-hybridized carbons (Fsp3) is 0.533. The first-order valence-corrected chi connectivity index (χ1v) is 7.19. The Morgan fingerprint density at radius 3 is 2.67 bits per heavy atom. The normalized spacial score (nSPS) is 23.0. The highest BCUT2D eigenvalue weighted by molar-refractivity contribution is 5.92. The molecule has 2 unspecified atom stereocenters. The summed E-state index contributed by atoms with van der Waals surface area (Å²) in [5.41, 5.74) is 5.29. The third-order valence-electron chi connectivity index (χ3n) is 4.02. The van der Waals surface area contributed by atoms with Gasteiger partial charge in [0.25, 0.3) is 0 Å². The Morgan fingerprint density at radius 2 is 2.05 bits per heavy atom. The van der Waals surface area contributed by atoms with Crippen LogP contribution in [0.3, 0.4) is 0 Å². The van der Waals surface area contributed by atoms with Gasteiger partial charge in [0.2, 0.25) is 5.91 Å². The Labute approximate surface area is 123 Å². The van der Waals surface area contributed by atoms with E-state index in [0.29, 0.717) is 12.5 Å². The molecule has 6 heteroatoms. The van der Waals surface area contributed by atoms with Crippen molar-refractivity contribution >= 4 is 11.6 Å². The summed E-state index contributed by atoms with van der Waals surface area (Å²) >= 11 is 0. The molecule has 1 fully saturated rings. The molecule has 21 heavy (non-hydrogen) atoms. The van der Waals surface area contributed by atoms with Crippen LogP contribution in [0.5, 0.6) is 0 Å². The van der Waals surface area contributed by atoms with Crippen LogP contribution in [0.4, 0.5) is 14.5 Å². The molecule has 1 aliphatic heterocycles. The van der Waals surface area contributed by atoms with Crippen molar-refractivity contribution < 1.29 is 13.6 Å². The van der Waals surface area contributed by atoms with Crippen LogP contribution < -0.4 is 11.1 Å². The van der Waals surface area contributed by atoms with Crippen LogP contribution >= 0.6 is 0 Å². The SMILES string of the molecule is CC1CCC(CN)CN1CC(=O)Nc1c(F)cccc1F. The van der Waals surface area contributed by atoms with Crippen LogP contribution in [0.1, 0.15) is 19.8 Å². The number of anilines is 1. The standard InChI is InChI=1S/C15H21F2N3O/c1-10-5-6-11(7-18)8-20(10)9-14(21)19-15-12(16)3-2-4-13(15)17/h2-4,10-11H,5-9,18H2,1H3,(H,19,21). The highest BCUT2D eigenvalue weighted by Gasteiger charge is 2.26. The zero-order chi connectivity index (χ0) is 15.4. The lowest BCUT2D eigenvalue weighted by Gasteiger charge is -2.37. The summed E-state index contributed by atoms with van der Waals surface area (Å²) in [5.74, 6) is -1.58. The van der Waals surface area contributed by atoms with Crippen LogP contribution in [0.15, 0.2) is 18.2 Å². The number of benzene rings is 1. The van der Waals surface area contributed by atoms with Crippen LogP contribution in [-0.2, 0) is 4.79 Å². The molecule has 1 saturated heterocycles. The van der Waals surface area contributed by atoms with Crippen molar-refractivity contribution in [3.63, 3.8) is 0 Å². The lowest BCUT2D eigenvalue weighted by molar-refractivity contribution is -0.118. The van der Waals surface area contributed by atoms with Gasteiger partial charge in [-0.1, -0.05) is 6.07 Å². The highest BCUT2D eigenvalue weighted by Crippen LogP contribution is 2.22. The van der Waals surface area contributed by atoms with Gasteiger partial charge in [0.1, 0.15) is 17.3 Å². The number of rotatable bonds is 4. The number of nitrogens with two attached hydrogens (primary N) is 1. The van der Waals surface area contributed by atoms with E-state index in [2.05, 4.69) is 5.32 Å². The minimum absolute atomic E-state index is 0.117. The van der Waals surface area contributed by atoms with Crippen LogP contribution in [-0.4, -0.2) is 36.5 Å². The Bertz CT molecular complexity index is 489. The number of carbonyl (C=O) groups excluding carboxylic acids is 1. The highest BCUT2D eigenvalue weighted by atomic mass is 19.1. The molecule has 1 amide bonds. The monoisotopic (exact) mass is 297 g/mol. The van der Waals surface area contributed by atoms with Crippen molar-refractivity contribution in [3.05, 3.63) is 29.8 Å². The summed E-state index contributed by atoms with van der Waals surface area (Å²) in [5, 5.41) is 2.32. The summed E-state index contributed by atoms with van der Waals surface area (Å²) in [6, 6.07) is 3.77. The minimum Gasteiger partial charge on any atom is -0.330 e. The molecule has 0 aromatic heterocycles. The average molecular weight is 297 g/mol. The number of amides is 1. The zero-order valence-corrected chi connectivity index (χ0v) is 12.1. The molecular weight excluding hydrogens is 276 g/mol. The van der Waals surface area contributed by atoms with Crippen molar-refractivity contribution in [1.82, 2.24) is 4.90 Å². The topological polar surface area (TPSA) is 58.4 Å². The van der Waals surface area contributed by atoms with Gasteiger partial charge < -0.3 is 11.1 Å². The number of likely N-dealkylation sites (tertiary alicyclic amines) is 1. The summed E-state index contributed by atoms with van der Waals surface area (Å²) < 4.78 is 27.0. The van der Waals surface area contributed by atoms with Crippen molar-refractivity contribution in [2.24, 2.45) is 11.7 Å². The molecule has 0 spiro atoms. The number of para-hydroxylation sites is 1. The Hall–Kier alpha value is -1.53. The van der Waals surface area contributed by atoms with Gasteiger partial charge in [-0.15, -0.1) is 0 Å². The van der Waals surface area contributed by atoms with E-state index in [0.717, 1.165) is 31.5 Å². The number of hydrogen-bond donors (Lipinski definition) is 2. The lowest BCUT2D eigenvalue weighted by atomic mass is 9.93. The molecule has 4 nitrogen and oxygen atoms in total. The van der Waals surface area contributed by atoms with Crippen LogP contribution in [0, 0.1) is 17.6 Å². The van der Waals surface area contributed by atoms with Crippen molar-refractivity contribution in [2.45, 2.75) is 25.8 Å². The molecule has 0 saturated carbocycles. The molecule has 0 radical (unpaired) electrons. The average Bonchev–Trinajstić information content (AvgIpc) is 2.45. The fourth-order valence-electron chi connectivity index (χ4n) is 2.66. The molecule has 1 aliphatic rings. The summed E-state index contributed by atoms with van der Waals surface area (Å²) in [6.07, 6.45) is 2.03. The molecule has 1 aromatic rings. The maximum Gasteiger partial charge on any atom is 0.238 e. The van der Waals surface area contributed by atoms with Gasteiger partial charge in [-0.25, -0.2) is 8.78 Å². The second-order valence-electron chi connectivity index (χ2n) is 5.60. The van der Waals surface area contributed by atoms with Gasteiger partial charge in [0, 0.05) is 12.6 Å². The lowest BCUT2D eigenvalue weighted by Crippen LogP contribution is -2.47. The minimum atomic E-state index is -0.769. The molecule has 2 rings (SSSR count). The van der Waals surface area contributed by atoms with Crippen LogP contribution in [0.25, 0.3) is 0 Å². The summed E-state index contributed by atoms with van der Waals surface area (Å²) in [4.78, 5) is 14.0. The van der Waals surface area contributed by atoms with E-state index in [-0.39, 0.29) is 18.3 Å². The predicted molar refractivity (Wildman–Crippen MR) is 77.8 cm³/mol. The number of piperidine rings is 1. The van der Waals surface area contributed by atoms with Gasteiger partial charge >= 0.3 is 0 Å². The van der Waals surface area contributed by atoms with E-state index < -0.39 is 17.5 Å². The quantitative estimate of drug-likeness (QED) is 0.893. The Balaban J connectivity index is 1.98. The number of nitrogens with one attached hydrogen (secondary N) is 1. The van der Waals surface area contributed by atoms with Gasteiger partial charge in [-0.2, -0.15) is 0 Å². The first kappa shape index (κ1) is 15.9. The molecule has 116 valence electrons. The largest absolute Gasteiger partial charge is 0.330 e. The molecule has 1 aromatic carbocycles. The predicted octanol–water partition coefficient (Wildman–Crippen LogP) is 1.96. The van der Waals surface area contributed by atoms with Gasteiger partial charge in [0.05, 0.1) is 6.54 Å². The number of carbonyl (C=O) groups is 1. The smallest absolute Gasteiger partial charge is 0.238 e. The summed E-state index contributed by atoms with van der Waals surface area (Å²) in [7, 11) is 0. The first-order valence-electron chi connectivity index (χ1n) is 7.19. The van der Waals surface area contributed by atoms with Crippen molar-refractivity contribution in [1.29, 1.82) is 0 Å². The Morgan fingerprint density at radius 1 is 1.38 bits per heavy atom. The number of hydrogen-bond acceptors (Lipinski definition) is 3. The van der Waals surface area contributed by atoms with E-state index in [1.54, 1.807) is 0 Å². The number of nitrogens with zero attached hydrogens (tertiary/aromatic N) is 1. The van der Waals surface area contributed by atoms with E-state index in [1.807, 2.05) is 11.8 Å². The van der Waals surface area contributed by atoms with E-state index in [4.69, 9.17) is 5.73 Å². The van der Waals surface area contributed by atoms with Crippen molar-refractivity contribution in [3.8, 4) is 0 Å². The van der Waals surface area contributed by atoms with Gasteiger partial charge in [-0.05, 0) is 44.4 Å². The van der Waals surface area contributed by atoms with Crippen molar-refractivity contribution in [2.75, 3.05) is 25.0 Å². The van der Waals surface area contributed by atoms with E-state index >= 15 is 0 Å². The maximum absolute atomic E-state index is 13.5. The second-order valence-corrected chi connectivity index (χ2v) is 5.60. The fourth-order valence-corrected chi connectivity index (χ4v) is 2.66. The summed E-state index contributed by atoms with van der Waals surface area (Å²) in [6.45, 7) is 3.49. The maximum atomic E-state index is 13.5. The van der Waals surface area contributed by atoms with E-state index in [1.165, 1.54) is 6.07 Å². The Kier molecular flexibility index (Phi) is 5.25. The molecule has 0 aliphatic carbocycles. The molecular formula is C15H21F2N3O.